The third kappa shape index (κ3) is 3.70. The van der Waals surface area contributed by atoms with E-state index in [9.17, 15) is 9.59 Å². The molecule has 3 rings (SSSR count). The van der Waals surface area contributed by atoms with Gasteiger partial charge in [-0.05, 0) is 44.9 Å². The molecule has 2 aliphatic heterocycles. The topological polar surface area (TPSA) is 59.1 Å². The van der Waals surface area contributed by atoms with Gasteiger partial charge in [-0.25, -0.2) is 0 Å². The van der Waals surface area contributed by atoms with E-state index in [4.69, 9.17) is 9.47 Å². The van der Waals surface area contributed by atoms with Gasteiger partial charge in [0, 0.05) is 40.4 Å². The fourth-order valence-electron chi connectivity index (χ4n) is 4.63. The molecule has 0 aromatic carbocycles. The van der Waals surface area contributed by atoms with E-state index in [1.54, 1.807) is 14.2 Å². The van der Waals surface area contributed by atoms with Crippen LogP contribution in [0.2, 0.25) is 0 Å². The minimum atomic E-state index is -0.252. The zero-order chi connectivity index (χ0) is 17.9. The van der Waals surface area contributed by atoms with Crippen LogP contribution >= 0.6 is 0 Å². The fourth-order valence-corrected chi connectivity index (χ4v) is 4.63. The molecule has 0 unspecified atom stereocenters. The van der Waals surface area contributed by atoms with Crippen LogP contribution in [0.5, 0.6) is 0 Å². The third-order valence-corrected chi connectivity index (χ3v) is 6.63. The standard InChI is InChI=1S/C19H32N2O4/c1-24-14-13-21-10-4-5-18(17(21)23)8-11-20(12-9-18)16(22)15-19(25-2)6-3-7-19/h3-15H2,1-2H3. The number of rotatable bonds is 6. The van der Waals surface area contributed by atoms with Gasteiger partial charge in [-0.15, -0.1) is 0 Å². The van der Waals surface area contributed by atoms with Crippen molar-refractivity contribution in [1.29, 1.82) is 0 Å². The Morgan fingerprint density at radius 1 is 1.04 bits per heavy atom. The zero-order valence-corrected chi connectivity index (χ0v) is 15.7. The molecule has 0 atom stereocenters. The number of carbonyl (C=O) groups is 2. The highest BCUT2D eigenvalue weighted by atomic mass is 16.5. The summed E-state index contributed by atoms with van der Waals surface area (Å²) in [5.41, 5.74) is -0.470. The maximum Gasteiger partial charge on any atom is 0.229 e. The first-order valence-electron chi connectivity index (χ1n) is 9.65. The predicted molar refractivity (Wildman–Crippen MR) is 94.1 cm³/mol. The van der Waals surface area contributed by atoms with Gasteiger partial charge >= 0.3 is 0 Å². The van der Waals surface area contributed by atoms with E-state index < -0.39 is 0 Å². The summed E-state index contributed by atoms with van der Waals surface area (Å²) in [5.74, 6) is 0.464. The van der Waals surface area contributed by atoms with Gasteiger partial charge in [0.25, 0.3) is 0 Å². The molecule has 0 aromatic rings. The van der Waals surface area contributed by atoms with Crippen molar-refractivity contribution in [3.63, 3.8) is 0 Å². The Morgan fingerprint density at radius 2 is 1.76 bits per heavy atom. The summed E-state index contributed by atoms with van der Waals surface area (Å²) in [6, 6.07) is 0. The molecule has 0 aromatic heterocycles. The Hall–Kier alpha value is -1.14. The molecule has 2 saturated heterocycles. The first-order valence-corrected chi connectivity index (χ1v) is 9.65. The van der Waals surface area contributed by atoms with Crippen molar-refractivity contribution in [1.82, 2.24) is 9.80 Å². The molecular formula is C19H32N2O4. The number of hydrogen-bond acceptors (Lipinski definition) is 4. The molecule has 6 nitrogen and oxygen atoms in total. The summed E-state index contributed by atoms with van der Waals surface area (Å²) in [4.78, 5) is 29.5. The van der Waals surface area contributed by atoms with Crippen LogP contribution in [-0.2, 0) is 19.1 Å². The first-order chi connectivity index (χ1) is 12.0. The van der Waals surface area contributed by atoms with E-state index in [2.05, 4.69) is 0 Å². The lowest BCUT2D eigenvalue weighted by Crippen LogP contribution is -2.55. The number of methoxy groups -OCH3 is 2. The van der Waals surface area contributed by atoms with Crippen LogP contribution in [0.25, 0.3) is 0 Å². The number of hydrogen-bond donors (Lipinski definition) is 0. The van der Waals surface area contributed by atoms with Crippen molar-refractivity contribution in [3.8, 4) is 0 Å². The molecule has 0 N–H and O–H groups in total. The second-order valence-corrected chi connectivity index (χ2v) is 7.97. The monoisotopic (exact) mass is 352 g/mol. The highest BCUT2D eigenvalue weighted by Crippen LogP contribution is 2.42. The van der Waals surface area contributed by atoms with Crippen LogP contribution < -0.4 is 0 Å². The molecule has 3 fully saturated rings. The zero-order valence-electron chi connectivity index (χ0n) is 15.7. The van der Waals surface area contributed by atoms with Crippen LogP contribution in [0, 0.1) is 5.41 Å². The number of amides is 2. The number of likely N-dealkylation sites (tertiary alicyclic amines) is 2. The van der Waals surface area contributed by atoms with Crippen LogP contribution in [0.4, 0.5) is 0 Å². The molecule has 2 heterocycles. The van der Waals surface area contributed by atoms with Gasteiger partial charge in [-0.2, -0.15) is 0 Å². The Bertz CT molecular complexity index is 490. The van der Waals surface area contributed by atoms with E-state index in [-0.39, 0.29) is 22.8 Å². The van der Waals surface area contributed by atoms with E-state index >= 15 is 0 Å². The van der Waals surface area contributed by atoms with Gasteiger partial charge < -0.3 is 19.3 Å². The first kappa shape index (κ1) is 18.6. The van der Waals surface area contributed by atoms with Crippen molar-refractivity contribution in [2.45, 2.75) is 57.0 Å². The Morgan fingerprint density at radius 3 is 2.32 bits per heavy atom. The largest absolute Gasteiger partial charge is 0.383 e. The summed E-state index contributed by atoms with van der Waals surface area (Å²) < 4.78 is 10.7. The molecular weight excluding hydrogens is 320 g/mol. The SMILES string of the molecule is COCCN1CCCC2(CCN(C(=O)CC3(OC)CCC3)CC2)C1=O. The van der Waals surface area contributed by atoms with Crippen LogP contribution in [-0.4, -0.2) is 74.2 Å². The molecule has 3 aliphatic rings. The normalized spacial score (nSPS) is 25.1. The summed E-state index contributed by atoms with van der Waals surface area (Å²) >= 11 is 0. The summed E-state index contributed by atoms with van der Waals surface area (Å²) in [6.45, 7) is 3.50. The van der Waals surface area contributed by atoms with Crippen molar-refractivity contribution in [2.24, 2.45) is 5.41 Å². The van der Waals surface area contributed by atoms with E-state index in [1.807, 2.05) is 9.80 Å². The average molecular weight is 352 g/mol. The van der Waals surface area contributed by atoms with Gasteiger partial charge in [0.15, 0.2) is 0 Å². The van der Waals surface area contributed by atoms with Crippen molar-refractivity contribution in [3.05, 3.63) is 0 Å². The maximum absolute atomic E-state index is 13.0. The summed E-state index contributed by atoms with van der Waals surface area (Å²) in [5, 5.41) is 0. The van der Waals surface area contributed by atoms with Gasteiger partial charge in [0.05, 0.1) is 24.0 Å². The molecule has 0 radical (unpaired) electrons. The third-order valence-electron chi connectivity index (χ3n) is 6.63. The highest BCUT2D eigenvalue weighted by Gasteiger charge is 2.47. The van der Waals surface area contributed by atoms with Crippen molar-refractivity contribution >= 4 is 11.8 Å². The van der Waals surface area contributed by atoms with E-state index in [0.29, 0.717) is 32.7 Å². The molecule has 6 heteroatoms. The van der Waals surface area contributed by atoms with Crippen LogP contribution in [0.15, 0.2) is 0 Å². The molecule has 2 amide bonds. The summed E-state index contributed by atoms with van der Waals surface area (Å²) in [6.07, 6.45) is 7.21. The second-order valence-electron chi connectivity index (χ2n) is 7.97. The second kappa shape index (κ2) is 7.62. The number of piperidine rings is 2. The van der Waals surface area contributed by atoms with Gasteiger partial charge in [-0.1, -0.05) is 0 Å². The summed E-state index contributed by atoms with van der Waals surface area (Å²) in [7, 11) is 3.39. The lowest BCUT2D eigenvalue weighted by atomic mass is 9.71. The van der Waals surface area contributed by atoms with Crippen molar-refractivity contribution in [2.75, 3.05) is 47.0 Å². The van der Waals surface area contributed by atoms with E-state index in [1.165, 1.54) is 0 Å². The highest BCUT2D eigenvalue weighted by molar-refractivity contribution is 5.84. The Labute approximate surface area is 150 Å². The lowest BCUT2D eigenvalue weighted by molar-refractivity contribution is -0.156. The molecule has 1 saturated carbocycles. The molecule has 0 bridgehead atoms. The van der Waals surface area contributed by atoms with Crippen LogP contribution in [0.3, 0.4) is 0 Å². The number of ether oxygens (including phenoxy) is 2. The molecule has 1 aliphatic carbocycles. The predicted octanol–water partition coefficient (Wildman–Crippen LogP) is 1.82. The number of carbonyl (C=O) groups excluding carboxylic acids is 2. The smallest absolute Gasteiger partial charge is 0.229 e. The average Bonchev–Trinajstić information content (AvgIpc) is 2.60. The van der Waals surface area contributed by atoms with Gasteiger partial charge in [0.2, 0.25) is 11.8 Å². The fraction of sp³-hybridized carbons (Fsp3) is 0.895. The molecule has 1 spiro atoms. The van der Waals surface area contributed by atoms with Gasteiger partial charge in [0.1, 0.15) is 0 Å². The maximum atomic E-state index is 13.0. The minimum absolute atomic E-state index is 0.191. The van der Waals surface area contributed by atoms with Crippen molar-refractivity contribution < 1.29 is 19.1 Å². The number of nitrogens with zero attached hydrogens (tertiary/aromatic N) is 2. The molecule has 142 valence electrons. The Balaban J connectivity index is 1.55. The van der Waals surface area contributed by atoms with Gasteiger partial charge in [-0.3, -0.25) is 9.59 Å². The van der Waals surface area contributed by atoms with E-state index in [0.717, 1.165) is 51.5 Å². The Kier molecular flexibility index (Phi) is 5.68. The lowest BCUT2D eigenvalue weighted by Gasteiger charge is -2.47. The minimum Gasteiger partial charge on any atom is -0.383 e. The quantitative estimate of drug-likeness (QED) is 0.732. The molecule has 25 heavy (non-hydrogen) atoms. The van der Waals surface area contributed by atoms with Crippen LogP contribution in [0.1, 0.15) is 51.4 Å².